The number of piperidine rings is 1. The summed E-state index contributed by atoms with van der Waals surface area (Å²) in [5.74, 6) is 0.931. The molecule has 0 saturated carbocycles. The van der Waals surface area contributed by atoms with Crippen LogP contribution >= 0.6 is 0 Å². The molecule has 0 aliphatic carbocycles. The summed E-state index contributed by atoms with van der Waals surface area (Å²) in [6.45, 7) is 4.39. The lowest BCUT2D eigenvalue weighted by Gasteiger charge is -2.36. The molecule has 3 rings (SSSR count). The molecule has 1 atom stereocenters. The summed E-state index contributed by atoms with van der Waals surface area (Å²) in [6, 6.07) is 8.72. The normalized spacial score (nSPS) is 24.1. The number of para-hydroxylation sites is 2. The Bertz CT molecular complexity index is 452. The first-order valence-electron chi connectivity index (χ1n) is 8.58. The number of nitrogens with zero attached hydrogens (tertiary/aromatic N) is 1. The van der Waals surface area contributed by atoms with Gasteiger partial charge in [-0.15, -0.1) is 0 Å². The number of anilines is 1. The number of hydrogen-bond acceptors (Lipinski definition) is 4. The molecule has 0 aromatic heterocycles. The van der Waals surface area contributed by atoms with Crippen LogP contribution in [0.4, 0.5) is 5.69 Å². The van der Waals surface area contributed by atoms with Crippen LogP contribution in [0.15, 0.2) is 24.3 Å². The molecule has 0 unspecified atom stereocenters. The quantitative estimate of drug-likeness (QED) is 0.906. The van der Waals surface area contributed by atoms with Crippen molar-refractivity contribution in [3.63, 3.8) is 0 Å². The van der Waals surface area contributed by atoms with E-state index in [2.05, 4.69) is 22.3 Å². The second-order valence-electron chi connectivity index (χ2n) is 6.41. The maximum atomic E-state index is 5.86. The van der Waals surface area contributed by atoms with Crippen molar-refractivity contribution in [3.8, 4) is 5.75 Å². The Morgan fingerprint density at radius 2 is 2.00 bits per heavy atom. The van der Waals surface area contributed by atoms with Crippen molar-refractivity contribution in [2.75, 3.05) is 38.7 Å². The Kier molecular flexibility index (Phi) is 5.57. The van der Waals surface area contributed by atoms with Crippen LogP contribution in [0, 0.1) is 0 Å². The minimum atomic E-state index is 0.465. The van der Waals surface area contributed by atoms with E-state index >= 15 is 0 Å². The van der Waals surface area contributed by atoms with Crippen molar-refractivity contribution in [2.45, 2.75) is 44.2 Å². The highest BCUT2D eigenvalue weighted by atomic mass is 16.5. The fourth-order valence-electron chi connectivity index (χ4n) is 3.48. The van der Waals surface area contributed by atoms with Crippen molar-refractivity contribution in [1.82, 2.24) is 4.90 Å². The fourth-order valence-corrected chi connectivity index (χ4v) is 3.48. The monoisotopic (exact) mass is 304 g/mol. The summed E-state index contributed by atoms with van der Waals surface area (Å²) < 4.78 is 11.3. The molecule has 1 N–H and O–H groups in total. The first kappa shape index (κ1) is 15.6. The minimum absolute atomic E-state index is 0.465. The molecular formula is C18H28N2O2. The number of rotatable bonds is 5. The van der Waals surface area contributed by atoms with Gasteiger partial charge in [-0.05, 0) is 44.2 Å². The number of hydrogen-bond donors (Lipinski definition) is 1. The summed E-state index contributed by atoms with van der Waals surface area (Å²) in [5, 5.41) is 3.64. The van der Waals surface area contributed by atoms with E-state index in [1.165, 1.54) is 32.1 Å². The molecule has 2 aliphatic rings. The Balaban J connectivity index is 1.45. The third-order valence-corrected chi connectivity index (χ3v) is 4.79. The van der Waals surface area contributed by atoms with Crippen LogP contribution in [-0.4, -0.2) is 50.4 Å². The third kappa shape index (κ3) is 4.14. The predicted molar refractivity (Wildman–Crippen MR) is 89.7 cm³/mol. The van der Waals surface area contributed by atoms with Crippen LogP contribution in [0.1, 0.15) is 32.1 Å². The van der Waals surface area contributed by atoms with Crippen LogP contribution in [0.3, 0.4) is 0 Å². The molecule has 2 saturated heterocycles. The third-order valence-electron chi connectivity index (χ3n) is 4.79. The van der Waals surface area contributed by atoms with Gasteiger partial charge in [-0.2, -0.15) is 0 Å². The maximum absolute atomic E-state index is 5.86. The Morgan fingerprint density at radius 3 is 2.73 bits per heavy atom. The largest absolute Gasteiger partial charge is 0.495 e. The molecular weight excluding hydrogens is 276 g/mol. The van der Waals surface area contributed by atoms with Crippen LogP contribution in [0.5, 0.6) is 5.75 Å². The summed E-state index contributed by atoms with van der Waals surface area (Å²) in [5.41, 5.74) is 1.11. The summed E-state index contributed by atoms with van der Waals surface area (Å²) >= 11 is 0. The molecule has 1 aromatic carbocycles. The highest BCUT2D eigenvalue weighted by Crippen LogP contribution is 2.26. The zero-order valence-corrected chi connectivity index (χ0v) is 13.6. The van der Waals surface area contributed by atoms with Gasteiger partial charge in [0.2, 0.25) is 0 Å². The first-order chi connectivity index (χ1) is 10.8. The lowest BCUT2D eigenvalue weighted by atomic mass is 10.0. The average molecular weight is 304 g/mol. The van der Waals surface area contributed by atoms with Gasteiger partial charge in [0.25, 0.3) is 0 Å². The van der Waals surface area contributed by atoms with Gasteiger partial charge in [-0.3, -0.25) is 0 Å². The number of likely N-dealkylation sites (tertiary alicyclic amines) is 1. The van der Waals surface area contributed by atoms with E-state index in [0.717, 1.165) is 37.7 Å². The maximum Gasteiger partial charge on any atom is 0.141 e. The molecule has 22 heavy (non-hydrogen) atoms. The van der Waals surface area contributed by atoms with E-state index in [1.807, 2.05) is 12.1 Å². The molecule has 122 valence electrons. The fraction of sp³-hybridized carbons (Fsp3) is 0.667. The van der Waals surface area contributed by atoms with E-state index in [-0.39, 0.29) is 0 Å². The molecule has 1 aromatic rings. The highest BCUT2D eigenvalue weighted by Gasteiger charge is 2.23. The number of nitrogens with one attached hydrogen (secondary N) is 1. The van der Waals surface area contributed by atoms with E-state index in [0.29, 0.717) is 12.1 Å². The Labute approximate surface area is 133 Å². The molecule has 0 amide bonds. The molecule has 4 nitrogen and oxygen atoms in total. The van der Waals surface area contributed by atoms with E-state index in [9.17, 15) is 0 Å². The second kappa shape index (κ2) is 7.84. The van der Waals surface area contributed by atoms with Crippen LogP contribution < -0.4 is 10.1 Å². The number of ether oxygens (including phenoxy) is 2. The van der Waals surface area contributed by atoms with Crippen molar-refractivity contribution in [3.05, 3.63) is 24.3 Å². The number of methoxy groups -OCH3 is 1. The second-order valence-corrected chi connectivity index (χ2v) is 6.41. The predicted octanol–water partition coefficient (Wildman–Crippen LogP) is 3.14. The molecule has 4 heteroatoms. The zero-order valence-electron chi connectivity index (χ0n) is 13.6. The van der Waals surface area contributed by atoms with Crippen LogP contribution in [0.2, 0.25) is 0 Å². The topological polar surface area (TPSA) is 33.7 Å². The van der Waals surface area contributed by atoms with Gasteiger partial charge in [0.15, 0.2) is 0 Å². The molecule has 2 heterocycles. The van der Waals surface area contributed by atoms with Crippen LogP contribution in [-0.2, 0) is 4.74 Å². The molecule has 2 fully saturated rings. The minimum Gasteiger partial charge on any atom is -0.495 e. The van der Waals surface area contributed by atoms with E-state index in [1.54, 1.807) is 7.11 Å². The standard InChI is InChI=1S/C18H28N2O2/c1-21-18-8-3-2-7-17(18)19-15-9-11-20(12-10-15)14-16-6-4-5-13-22-16/h2-3,7-8,15-16,19H,4-6,9-14H2,1H3/t16-/m0/s1. The van der Waals surface area contributed by atoms with Gasteiger partial charge in [-0.1, -0.05) is 12.1 Å². The van der Waals surface area contributed by atoms with E-state index in [4.69, 9.17) is 9.47 Å². The van der Waals surface area contributed by atoms with Crippen molar-refractivity contribution in [1.29, 1.82) is 0 Å². The van der Waals surface area contributed by atoms with Gasteiger partial charge >= 0.3 is 0 Å². The zero-order chi connectivity index (χ0) is 15.2. The van der Waals surface area contributed by atoms with Gasteiger partial charge in [-0.25, -0.2) is 0 Å². The Hall–Kier alpha value is -1.26. The molecule has 0 spiro atoms. The average Bonchev–Trinajstić information content (AvgIpc) is 2.58. The van der Waals surface area contributed by atoms with Gasteiger partial charge in [0, 0.05) is 32.3 Å². The van der Waals surface area contributed by atoms with Crippen molar-refractivity contribution >= 4 is 5.69 Å². The van der Waals surface area contributed by atoms with Crippen molar-refractivity contribution < 1.29 is 9.47 Å². The van der Waals surface area contributed by atoms with Crippen LogP contribution in [0.25, 0.3) is 0 Å². The Morgan fingerprint density at radius 1 is 1.18 bits per heavy atom. The lowest BCUT2D eigenvalue weighted by Crippen LogP contribution is -2.43. The summed E-state index contributed by atoms with van der Waals surface area (Å²) in [4.78, 5) is 2.57. The van der Waals surface area contributed by atoms with E-state index < -0.39 is 0 Å². The van der Waals surface area contributed by atoms with Gasteiger partial charge in [0.05, 0.1) is 18.9 Å². The molecule has 2 aliphatic heterocycles. The highest BCUT2D eigenvalue weighted by molar-refractivity contribution is 5.56. The molecule has 0 bridgehead atoms. The van der Waals surface area contributed by atoms with Gasteiger partial charge < -0.3 is 19.7 Å². The number of benzene rings is 1. The lowest BCUT2D eigenvalue weighted by molar-refractivity contribution is -0.00906. The molecule has 0 radical (unpaired) electrons. The van der Waals surface area contributed by atoms with Crippen molar-refractivity contribution in [2.24, 2.45) is 0 Å². The SMILES string of the molecule is COc1ccccc1NC1CCN(C[C@@H]2CCCCO2)CC1. The smallest absolute Gasteiger partial charge is 0.141 e. The van der Waals surface area contributed by atoms with Gasteiger partial charge in [0.1, 0.15) is 5.75 Å². The summed E-state index contributed by atoms with van der Waals surface area (Å²) in [7, 11) is 1.73. The summed E-state index contributed by atoms with van der Waals surface area (Å²) in [6.07, 6.45) is 6.64. The first-order valence-corrected chi connectivity index (χ1v) is 8.58.